The summed E-state index contributed by atoms with van der Waals surface area (Å²) in [7, 11) is 1.26. The summed E-state index contributed by atoms with van der Waals surface area (Å²) in [6.45, 7) is 0. The molecule has 0 saturated carbocycles. The Morgan fingerprint density at radius 1 is 1.22 bits per heavy atom. The number of carbonyl (C=O) groups is 1. The molecule has 0 aliphatic carbocycles. The quantitative estimate of drug-likeness (QED) is 0.769. The van der Waals surface area contributed by atoms with E-state index in [0.717, 1.165) is 12.4 Å². The number of esters is 1. The van der Waals surface area contributed by atoms with Crippen LogP contribution in [0.15, 0.2) is 30.9 Å². The van der Waals surface area contributed by atoms with Gasteiger partial charge in [0.15, 0.2) is 5.82 Å². The van der Waals surface area contributed by atoms with Crippen LogP contribution >= 0.6 is 0 Å². The third kappa shape index (κ3) is 2.76. The topological polar surface area (TPSA) is 74.2 Å². The maximum Gasteiger partial charge on any atom is 0.339 e. The number of rotatable bonds is 3. The molecule has 0 spiro atoms. The molecule has 2 rings (SSSR count). The van der Waals surface area contributed by atoms with Gasteiger partial charge in [-0.1, -0.05) is 0 Å². The van der Waals surface area contributed by atoms with Crippen molar-refractivity contribution in [2.45, 2.75) is 0 Å². The van der Waals surface area contributed by atoms with Crippen molar-refractivity contribution < 1.29 is 18.7 Å². The van der Waals surface area contributed by atoms with Crippen LogP contribution < -0.4 is 4.74 Å². The number of methoxy groups -OCH3 is 1. The molecule has 0 bridgehead atoms. The van der Waals surface area contributed by atoms with Gasteiger partial charge in [-0.2, -0.15) is 0 Å². The van der Waals surface area contributed by atoms with Crippen LogP contribution in [0, 0.1) is 5.82 Å². The monoisotopic (exact) mass is 249 g/mol. The van der Waals surface area contributed by atoms with Gasteiger partial charge in [-0.05, 0) is 6.07 Å². The van der Waals surface area contributed by atoms with Crippen molar-refractivity contribution in [1.82, 2.24) is 15.0 Å². The number of nitrogens with zero attached hydrogens (tertiary/aromatic N) is 3. The lowest BCUT2D eigenvalue weighted by Gasteiger charge is -2.04. The number of ether oxygens (including phenoxy) is 2. The molecule has 0 aliphatic rings. The van der Waals surface area contributed by atoms with Crippen molar-refractivity contribution in [2.24, 2.45) is 0 Å². The van der Waals surface area contributed by atoms with Crippen molar-refractivity contribution in [2.75, 3.05) is 7.11 Å². The van der Waals surface area contributed by atoms with Gasteiger partial charge >= 0.3 is 12.0 Å². The highest BCUT2D eigenvalue weighted by Gasteiger charge is 2.08. The minimum absolute atomic E-state index is 0.0415. The first kappa shape index (κ1) is 11.9. The lowest BCUT2D eigenvalue weighted by Crippen LogP contribution is -2.02. The van der Waals surface area contributed by atoms with Gasteiger partial charge in [-0.25, -0.2) is 19.2 Å². The Balaban J connectivity index is 2.19. The number of halogens is 1. The summed E-state index contributed by atoms with van der Waals surface area (Å²) in [4.78, 5) is 22.3. The van der Waals surface area contributed by atoms with Gasteiger partial charge < -0.3 is 9.47 Å². The molecule has 0 saturated heterocycles. The van der Waals surface area contributed by atoms with Gasteiger partial charge in [0, 0.05) is 6.20 Å². The number of aromatic nitrogens is 3. The molecule has 0 aliphatic heterocycles. The Kier molecular flexibility index (Phi) is 3.42. The van der Waals surface area contributed by atoms with Gasteiger partial charge in [0.05, 0.1) is 31.3 Å². The van der Waals surface area contributed by atoms with Crippen LogP contribution in [0.3, 0.4) is 0 Å². The summed E-state index contributed by atoms with van der Waals surface area (Å²) in [5, 5.41) is 0. The van der Waals surface area contributed by atoms with E-state index in [2.05, 4.69) is 19.7 Å². The molecule has 6 nitrogen and oxygen atoms in total. The maximum absolute atomic E-state index is 12.6. The van der Waals surface area contributed by atoms with E-state index in [-0.39, 0.29) is 17.3 Å². The van der Waals surface area contributed by atoms with E-state index in [1.165, 1.54) is 25.6 Å². The number of hydrogen-bond donors (Lipinski definition) is 0. The predicted octanol–water partition coefficient (Wildman–Crippen LogP) is 1.59. The second kappa shape index (κ2) is 5.17. The van der Waals surface area contributed by atoms with Crippen molar-refractivity contribution in [3.05, 3.63) is 42.2 Å². The van der Waals surface area contributed by atoms with Crippen molar-refractivity contribution in [1.29, 1.82) is 0 Å². The van der Waals surface area contributed by atoms with Gasteiger partial charge in [0.2, 0.25) is 0 Å². The van der Waals surface area contributed by atoms with Crippen LogP contribution in [-0.4, -0.2) is 28.0 Å². The normalized spacial score (nSPS) is 9.89. The molecule has 0 N–H and O–H groups in total. The van der Waals surface area contributed by atoms with E-state index in [0.29, 0.717) is 0 Å². The summed E-state index contributed by atoms with van der Waals surface area (Å²) in [6, 6.07) is 1.38. The smallest absolute Gasteiger partial charge is 0.339 e. The minimum atomic E-state index is -0.566. The van der Waals surface area contributed by atoms with Gasteiger partial charge in [-0.3, -0.25) is 4.98 Å². The van der Waals surface area contributed by atoms with E-state index < -0.39 is 11.8 Å². The van der Waals surface area contributed by atoms with Crippen LogP contribution in [0.5, 0.6) is 11.8 Å². The van der Waals surface area contributed by atoms with Gasteiger partial charge in [-0.15, -0.1) is 0 Å². The molecule has 0 aromatic carbocycles. The highest BCUT2D eigenvalue weighted by atomic mass is 19.1. The fourth-order valence-corrected chi connectivity index (χ4v) is 1.16. The SMILES string of the molecule is COC(=O)c1cncc(Oc2ncc(F)cn2)c1. The first-order chi connectivity index (χ1) is 8.69. The molecule has 2 aromatic heterocycles. The van der Waals surface area contributed by atoms with Crippen molar-refractivity contribution in [3.8, 4) is 11.8 Å². The minimum Gasteiger partial charge on any atom is -0.465 e. The summed E-state index contributed by atoms with van der Waals surface area (Å²) >= 11 is 0. The zero-order valence-electron chi connectivity index (χ0n) is 9.33. The second-order valence-corrected chi connectivity index (χ2v) is 3.19. The third-order valence-electron chi connectivity index (χ3n) is 1.94. The van der Waals surface area contributed by atoms with Crippen molar-refractivity contribution in [3.63, 3.8) is 0 Å². The Labute approximate surface area is 101 Å². The largest absolute Gasteiger partial charge is 0.465 e. The maximum atomic E-state index is 12.6. The number of pyridine rings is 1. The lowest BCUT2D eigenvalue weighted by atomic mass is 10.3. The highest BCUT2D eigenvalue weighted by Crippen LogP contribution is 2.17. The van der Waals surface area contributed by atoms with Gasteiger partial charge in [0.1, 0.15) is 5.75 Å². The van der Waals surface area contributed by atoms with E-state index in [1.807, 2.05) is 0 Å². The average molecular weight is 249 g/mol. The van der Waals surface area contributed by atoms with E-state index in [9.17, 15) is 9.18 Å². The van der Waals surface area contributed by atoms with Crippen LogP contribution in [0.2, 0.25) is 0 Å². The first-order valence-electron chi connectivity index (χ1n) is 4.88. The summed E-state index contributed by atoms with van der Waals surface area (Å²) in [6.07, 6.45) is 4.66. The molecule has 92 valence electrons. The van der Waals surface area contributed by atoms with E-state index in [4.69, 9.17) is 4.74 Å². The lowest BCUT2D eigenvalue weighted by molar-refractivity contribution is 0.0600. The fraction of sp³-hybridized carbons (Fsp3) is 0.0909. The Morgan fingerprint density at radius 2 is 1.94 bits per heavy atom. The van der Waals surface area contributed by atoms with Gasteiger partial charge in [0.25, 0.3) is 0 Å². The fourth-order valence-electron chi connectivity index (χ4n) is 1.16. The molecule has 0 atom stereocenters. The van der Waals surface area contributed by atoms with Crippen LogP contribution in [-0.2, 0) is 4.74 Å². The molecule has 18 heavy (non-hydrogen) atoms. The third-order valence-corrected chi connectivity index (χ3v) is 1.94. The second-order valence-electron chi connectivity index (χ2n) is 3.19. The zero-order valence-corrected chi connectivity index (χ0v) is 9.33. The molecule has 0 fully saturated rings. The molecule has 0 amide bonds. The molecular formula is C11H8FN3O3. The number of carbonyl (C=O) groups excluding carboxylic acids is 1. The molecular weight excluding hydrogens is 241 g/mol. The van der Waals surface area contributed by atoms with E-state index >= 15 is 0 Å². The standard InChI is InChI=1S/C11H8FN3O3/c1-17-10(16)7-2-9(6-13-3-7)18-11-14-4-8(12)5-15-11/h2-6H,1H3. The molecule has 0 radical (unpaired) electrons. The molecule has 7 heteroatoms. The Morgan fingerprint density at radius 3 is 2.61 bits per heavy atom. The Hall–Kier alpha value is -2.57. The Bertz CT molecular complexity index is 560. The predicted molar refractivity (Wildman–Crippen MR) is 57.6 cm³/mol. The van der Waals surface area contributed by atoms with E-state index in [1.54, 1.807) is 0 Å². The average Bonchev–Trinajstić information content (AvgIpc) is 2.41. The molecule has 2 aromatic rings. The zero-order chi connectivity index (χ0) is 13.0. The summed E-state index contributed by atoms with van der Waals surface area (Å²) in [5.74, 6) is -0.846. The highest BCUT2D eigenvalue weighted by molar-refractivity contribution is 5.89. The summed E-state index contributed by atoms with van der Waals surface area (Å²) in [5.41, 5.74) is 0.233. The van der Waals surface area contributed by atoms with Crippen LogP contribution in [0.25, 0.3) is 0 Å². The molecule has 2 heterocycles. The summed E-state index contributed by atoms with van der Waals surface area (Å²) < 4.78 is 22.3. The molecule has 0 unspecified atom stereocenters. The number of hydrogen-bond acceptors (Lipinski definition) is 6. The van der Waals surface area contributed by atoms with Crippen LogP contribution in [0.1, 0.15) is 10.4 Å². The first-order valence-corrected chi connectivity index (χ1v) is 4.88. The van der Waals surface area contributed by atoms with Crippen molar-refractivity contribution >= 4 is 5.97 Å². The van der Waals surface area contributed by atoms with Crippen LogP contribution in [0.4, 0.5) is 4.39 Å².